The van der Waals surface area contributed by atoms with Crippen LogP contribution >= 0.6 is 11.3 Å². The predicted octanol–water partition coefficient (Wildman–Crippen LogP) is 3.01. The van der Waals surface area contributed by atoms with Crippen LogP contribution in [0.25, 0.3) is 10.2 Å². The van der Waals surface area contributed by atoms with Gasteiger partial charge in [-0.25, -0.2) is 9.78 Å². The van der Waals surface area contributed by atoms with E-state index in [4.69, 9.17) is 0 Å². The maximum absolute atomic E-state index is 12.9. The summed E-state index contributed by atoms with van der Waals surface area (Å²) in [5.41, 5.74) is 1.32. The van der Waals surface area contributed by atoms with E-state index in [9.17, 15) is 14.4 Å². The average molecular weight is 394 g/mol. The average Bonchev–Trinajstić information content (AvgIpc) is 3.18. The lowest BCUT2D eigenvalue weighted by Gasteiger charge is -2.21. The van der Waals surface area contributed by atoms with Crippen molar-refractivity contribution < 1.29 is 14.4 Å². The second kappa shape index (κ2) is 6.72. The summed E-state index contributed by atoms with van der Waals surface area (Å²) in [6.07, 6.45) is 0. The number of nitrogens with one attached hydrogen (secondary N) is 2. The summed E-state index contributed by atoms with van der Waals surface area (Å²) >= 11 is 1.35. The maximum Gasteiger partial charge on any atom is 0.325 e. The van der Waals surface area contributed by atoms with Crippen molar-refractivity contribution >= 4 is 44.5 Å². The van der Waals surface area contributed by atoms with Gasteiger partial charge in [0.15, 0.2) is 5.13 Å². The zero-order chi connectivity index (χ0) is 19.9. The van der Waals surface area contributed by atoms with Crippen LogP contribution in [0.3, 0.4) is 0 Å². The molecule has 0 bridgehead atoms. The van der Waals surface area contributed by atoms with Gasteiger partial charge >= 0.3 is 6.03 Å². The number of imide groups is 1. The van der Waals surface area contributed by atoms with Crippen LogP contribution in [0.5, 0.6) is 0 Å². The Morgan fingerprint density at radius 3 is 2.64 bits per heavy atom. The fourth-order valence-corrected chi connectivity index (χ4v) is 4.21. The van der Waals surface area contributed by atoms with Gasteiger partial charge in [-0.1, -0.05) is 53.8 Å². The second-order valence-electron chi connectivity index (χ2n) is 6.80. The van der Waals surface area contributed by atoms with E-state index in [-0.39, 0.29) is 6.54 Å². The molecule has 4 rings (SSSR count). The summed E-state index contributed by atoms with van der Waals surface area (Å²) in [4.78, 5) is 43.0. The number of benzene rings is 2. The van der Waals surface area contributed by atoms with Gasteiger partial charge in [-0.2, -0.15) is 0 Å². The molecule has 4 amide bonds. The van der Waals surface area contributed by atoms with Gasteiger partial charge in [-0.05, 0) is 31.0 Å². The number of aromatic nitrogens is 1. The zero-order valence-electron chi connectivity index (χ0n) is 15.4. The first kappa shape index (κ1) is 18.1. The van der Waals surface area contributed by atoms with Gasteiger partial charge in [-0.15, -0.1) is 0 Å². The van der Waals surface area contributed by atoms with Crippen molar-refractivity contribution in [2.75, 3.05) is 11.9 Å². The first-order valence-corrected chi connectivity index (χ1v) is 9.56. The molecule has 1 atom stereocenters. The van der Waals surface area contributed by atoms with Gasteiger partial charge in [0.05, 0.1) is 10.2 Å². The number of thiazole rings is 1. The number of amides is 4. The number of para-hydroxylation sites is 1. The van der Waals surface area contributed by atoms with Gasteiger partial charge in [-0.3, -0.25) is 14.5 Å². The molecule has 7 nitrogen and oxygen atoms in total. The summed E-state index contributed by atoms with van der Waals surface area (Å²) < 4.78 is 0.960. The summed E-state index contributed by atoms with van der Waals surface area (Å²) in [5, 5.41) is 5.81. The fourth-order valence-electron chi connectivity index (χ4n) is 3.25. The Bertz CT molecular complexity index is 1100. The molecule has 1 aliphatic rings. The van der Waals surface area contributed by atoms with Gasteiger partial charge < -0.3 is 10.6 Å². The first-order valence-electron chi connectivity index (χ1n) is 8.74. The van der Waals surface area contributed by atoms with E-state index < -0.39 is 23.4 Å². The Morgan fingerprint density at radius 1 is 1.18 bits per heavy atom. The SMILES string of the molecule is Cc1cccc2sc(NC(=O)CN3C(=O)N[C@@](C)(c4ccccc4)C3=O)nc12. The molecule has 1 aliphatic heterocycles. The highest BCUT2D eigenvalue weighted by Crippen LogP contribution is 2.30. The molecule has 1 fully saturated rings. The number of fused-ring (bicyclic) bond motifs is 1. The predicted molar refractivity (Wildman–Crippen MR) is 107 cm³/mol. The quantitative estimate of drug-likeness (QED) is 0.666. The number of nitrogens with zero attached hydrogens (tertiary/aromatic N) is 2. The van der Waals surface area contributed by atoms with Gasteiger partial charge in [0.25, 0.3) is 5.91 Å². The number of rotatable bonds is 4. The smallest absolute Gasteiger partial charge is 0.319 e. The highest BCUT2D eigenvalue weighted by atomic mass is 32.1. The molecular weight excluding hydrogens is 376 g/mol. The third-order valence-electron chi connectivity index (χ3n) is 4.79. The normalized spacial score (nSPS) is 19.1. The second-order valence-corrected chi connectivity index (χ2v) is 7.83. The van der Waals surface area contributed by atoms with Gasteiger partial charge in [0, 0.05) is 0 Å². The summed E-state index contributed by atoms with van der Waals surface area (Å²) in [6, 6.07) is 14.2. The van der Waals surface area contributed by atoms with Crippen LogP contribution in [0.4, 0.5) is 9.93 Å². The number of hydrogen-bond acceptors (Lipinski definition) is 5. The molecule has 2 aromatic carbocycles. The largest absolute Gasteiger partial charge is 0.325 e. The van der Waals surface area contributed by atoms with Crippen molar-refractivity contribution in [2.24, 2.45) is 0 Å². The lowest BCUT2D eigenvalue weighted by molar-refractivity contribution is -0.133. The first-order chi connectivity index (χ1) is 13.4. The number of carbonyl (C=O) groups excluding carboxylic acids is 3. The van der Waals surface area contributed by atoms with E-state index in [0.717, 1.165) is 20.7 Å². The summed E-state index contributed by atoms with van der Waals surface area (Å²) in [5.74, 6) is -0.934. The van der Waals surface area contributed by atoms with Crippen molar-refractivity contribution in [3.63, 3.8) is 0 Å². The molecule has 1 aromatic heterocycles. The molecule has 0 aliphatic carbocycles. The minimum atomic E-state index is -1.19. The fraction of sp³-hybridized carbons (Fsp3) is 0.200. The molecule has 8 heteroatoms. The Kier molecular flexibility index (Phi) is 4.35. The lowest BCUT2D eigenvalue weighted by Crippen LogP contribution is -2.42. The minimum Gasteiger partial charge on any atom is -0.319 e. The monoisotopic (exact) mass is 394 g/mol. The maximum atomic E-state index is 12.9. The Labute approximate surface area is 165 Å². The third kappa shape index (κ3) is 3.01. The topological polar surface area (TPSA) is 91.4 Å². The Morgan fingerprint density at radius 2 is 1.93 bits per heavy atom. The molecule has 0 saturated carbocycles. The number of hydrogen-bond donors (Lipinski definition) is 2. The van der Waals surface area contributed by atoms with Crippen molar-refractivity contribution in [1.82, 2.24) is 15.2 Å². The van der Waals surface area contributed by atoms with Gasteiger partial charge in [0.1, 0.15) is 12.1 Å². The summed E-state index contributed by atoms with van der Waals surface area (Å²) in [7, 11) is 0. The van der Waals surface area contributed by atoms with Crippen molar-refractivity contribution in [3.8, 4) is 0 Å². The zero-order valence-corrected chi connectivity index (χ0v) is 16.2. The number of aryl methyl sites for hydroxylation is 1. The number of anilines is 1. The van der Waals surface area contributed by atoms with E-state index >= 15 is 0 Å². The van der Waals surface area contributed by atoms with E-state index in [0.29, 0.717) is 10.7 Å². The highest BCUT2D eigenvalue weighted by molar-refractivity contribution is 7.22. The van der Waals surface area contributed by atoms with Crippen LogP contribution in [0, 0.1) is 6.92 Å². The molecular formula is C20H18N4O3S. The third-order valence-corrected chi connectivity index (χ3v) is 5.73. The molecule has 2 heterocycles. The van der Waals surface area contributed by atoms with Crippen molar-refractivity contribution in [1.29, 1.82) is 0 Å². The van der Waals surface area contributed by atoms with Crippen molar-refractivity contribution in [2.45, 2.75) is 19.4 Å². The van der Waals surface area contributed by atoms with E-state index in [1.807, 2.05) is 31.2 Å². The van der Waals surface area contributed by atoms with Crippen LogP contribution in [-0.4, -0.2) is 34.3 Å². The highest BCUT2D eigenvalue weighted by Gasteiger charge is 2.49. The van der Waals surface area contributed by atoms with E-state index in [1.54, 1.807) is 31.2 Å². The minimum absolute atomic E-state index is 0.373. The molecule has 0 radical (unpaired) electrons. The summed E-state index contributed by atoms with van der Waals surface area (Å²) in [6.45, 7) is 3.21. The molecule has 2 N–H and O–H groups in total. The van der Waals surface area contributed by atoms with E-state index in [1.165, 1.54) is 11.3 Å². The Hall–Kier alpha value is -3.26. The molecule has 3 aromatic rings. The van der Waals surface area contributed by atoms with Crippen LogP contribution in [0.15, 0.2) is 48.5 Å². The van der Waals surface area contributed by atoms with Crippen LogP contribution in [0.1, 0.15) is 18.1 Å². The van der Waals surface area contributed by atoms with Crippen molar-refractivity contribution in [3.05, 3.63) is 59.7 Å². The number of urea groups is 1. The molecule has 142 valence electrons. The molecule has 1 saturated heterocycles. The molecule has 0 spiro atoms. The van der Waals surface area contributed by atoms with Gasteiger partial charge in [0.2, 0.25) is 5.91 Å². The Balaban J connectivity index is 1.50. The van der Waals surface area contributed by atoms with Crippen LogP contribution < -0.4 is 10.6 Å². The van der Waals surface area contributed by atoms with Crippen LogP contribution in [0.2, 0.25) is 0 Å². The number of carbonyl (C=O) groups is 3. The van der Waals surface area contributed by atoms with Crippen LogP contribution in [-0.2, 0) is 15.1 Å². The van der Waals surface area contributed by atoms with E-state index in [2.05, 4.69) is 15.6 Å². The molecule has 0 unspecified atom stereocenters. The molecule has 28 heavy (non-hydrogen) atoms. The standard InChI is InChI=1S/C20H18N4O3S/c1-12-7-6-10-14-16(12)22-18(28-14)21-15(25)11-24-17(26)20(2,23-19(24)27)13-8-4-3-5-9-13/h3-10H,11H2,1-2H3,(H,23,27)(H,21,22,25)/t20-/m0/s1. The lowest BCUT2D eigenvalue weighted by atomic mass is 9.92.